The van der Waals surface area contributed by atoms with Crippen LogP contribution in [0.1, 0.15) is 41.8 Å². The van der Waals surface area contributed by atoms with E-state index < -0.39 is 0 Å². The van der Waals surface area contributed by atoms with Crippen LogP contribution in [0.5, 0.6) is 5.75 Å². The van der Waals surface area contributed by atoms with E-state index in [2.05, 4.69) is 54.2 Å². The molecule has 1 unspecified atom stereocenters. The first-order chi connectivity index (χ1) is 10.1. The van der Waals surface area contributed by atoms with Gasteiger partial charge in [0, 0.05) is 0 Å². The van der Waals surface area contributed by atoms with Gasteiger partial charge in [-0.1, -0.05) is 13.0 Å². The topological polar surface area (TPSA) is 34.4 Å². The molecule has 0 aliphatic heterocycles. The van der Waals surface area contributed by atoms with Gasteiger partial charge in [0.2, 0.25) is 0 Å². The maximum atomic E-state index is 5.77. The number of nitrogens with one attached hydrogen (secondary N) is 1. The molecular formula is C17H22BrNO2. The van der Waals surface area contributed by atoms with Gasteiger partial charge < -0.3 is 14.5 Å². The standard InChI is InChI=1S/C17H22BrNO2/c1-5-8-19-17(14-6-7-16(18)21-14)13-9-12(3)15(20-4)10-11(13)2/h6-7,9-10,17,19H,5,8H2,1-4H3. The minimum atomic E-state index is 0.0563. The Balaban J connectivity index is 2.43. The SMILES string of the molecule is CCCNC(c1ccc(Br)o1)c1cc(C)c(OC)cc1C. The van der Waals surface area contributed by atoms with Gasteiger partial charge in [0.15, 0.2) is 4.67 Å². The summed E-state index contributed by atoms with van der Waals surface area (Å²) in [7, 11) is 1.71. The van der Waals surface area contributed by atoms with Crippen LogP contribution in [0.4, 0.5) is 0 Å². The van der Waals surface area contributed by atoms with Gasteiger partial charge in [-0.15, -0.1) is 0 Å². The summed E-state index contributed by atoms with van der Waals surface area (Å²) in [5.41, 5.74) is 3.55. The summed E-state index contributed by atoms with van der Waals surface area (Å²) in [5, 5.41) is 3.57. The van der Waals surface area contributed by atoms with E-state index in [1.807, 2.05) is 12.1 Å². The van der Waals surface area contributed by atoms with E-state index in [9.17, 15) is 0 Å². The molecule has 21 heavy (non-hydrogen) atoms. The predicted octanol–water partition coefficient (Wildman–Crippen LogP) is 4.76. The predicted molar refractivity (Wildman–Crippen MR) is 89.0 cm³/mol. The van der Waals surface area contributed by atoms with Crippen LogP contribution in [0.15, 0.2) is 33.4 Å². The molecule has 1 heterocycles. The molecule has 0 aliphatic rings. The van der Waals surface area contributed by atoms with Crippen molar-refractivity contribution in [1.82, 2.24) is 5.32 Å². The molecule has 1 aromatic carbocycles. The van der Waals surface area contributed by atoms with Crippen molar-refractivity contribution >= 4 is 15.9 Å². The number of hydrogen-bond donors (Lipinski definition) is 1. The first-order valence-corrected chi connectivity index (χ1v) is 7.99. The number of aryl methyl sites for hydroxylation is 2. The minimum Gasteiger partial charge on any atom is -0.496 e. The molecule has 0 bridgehead atoms. The molecule has 0 saturated carbocycles. The van der Waals surface area contributed by atoms with Crippen LogP contribution in [0.25, 0.3) is 0 Å². The van der Waals surface area contributed by atoms with Gasteiger partial charge in [-0.3, -0.25) is 0 Å². The summed E-state index contributed by atoms with van der Waals surface area (Å²) in [4.78, 5) is 0. The number of benzene rings is 1. The zero-order valence-corrected chi connectivity index (χ0v) is 14.6. The molecule has 0 saturated heterocycles. The van der Waals surface area contributed by atoms with Crippen LogP contribution in [0.3, 0.4) is 0 Å². The van der Waals surface area contributed by atoms with Crippen molar-refractivity contribution in [3.63, 3.8) is 0 Å². The third kappa shape index (κ3) is 3.69. The van der Waals surface area contributed by atoms with Crippen molar-refractivity contribution in [2.45, 2.75) is 33.2 Å². The van der Waals surface area contributed by atoms with Crippen LogP contribution in [-0.4, -0.2) is 13.7 Å². The molecule has 0 spiro atoms. The van der Waals surface area contributed by atoms with Crippen molar-refractivity contribution in [2.75, 3.05) is 13.7 Å². The fourth-order valence-electron chi connectivity index (χ4n) is 2.48. The largest absolute Gasteiger partial charge is 0.496 e. The number of rotatable bonds is 6. The molecule has 1 aromatic heterocycles. The maximum absolute atomic E-state index is 5.77. The van der Waals surface area contributed by atoms with Crippen molar-refractivity contribution in [1.29, 1.82) is 0 Å². The van der Waals surface area contributed by atoms with E-state index in [-0.39, 0.29) is 6.04 Å². The molecule has 1 atom stereocenters. The van der Waals surface area contributed by atoms with E-state index in [1.165, 1.54) is 11.1 Å². The smallest absolute Gasteiger partial charge is 0.169 e. The summed E-state index contributed by atoms with van der Waals surface area (Å²) < 4.78 is 11.9. The lowest BCUT2D eigenvalue weighted by atomic mass is 9.96. The molecule has 0 fully saturated rings. The molecule has 3 nitrogen and oxygen atoms in total. The third-order valence-electron chi connectivity index (χ3n) is 3.57. The lowest BCUT2D eigenvalue weighted by molar-refractivity contribution is 0.409. The summed E-state index contributed by atoms with van der Waals surface area (Å²) in [5.74, 6) is 1.84. The van der Waals surface area contributed by atoms with Gasteiger partial charge >= 0.3 is 0 Å². The number of ether oxygens (including phenoxy) is 1. The van der Waals surface area contributed by atoms with Gasteiger partial charge in [-0.2, -0.15) is 0 Å². The molecule has 4 heteroatoms. The highest BCUT2D eigenvalue weighted by atomic mass is 79.9. The molecule has 114 valence electrons. The normalized spacial score (nSPS) is 12.4. The molecular weight excluding hydrogens is 330 g/mol. The highest BCUT2D eigenvalue weighted by Gasteiger charge is 2.20. The average molecular weight is 352 g/mol. The number of halogens is 1. The zero-order valence-electron chi connectivity index (χ0n) is 13.0. The lowest BCUT2D eigenvalue weighted by Gasteiger charge is -2.20. The average Bonchev–Trinajstić information content (AvgIpc) is 2.89. The van der Waals surface area contributed by atoms with Gasteiger partial charge in [-0.05, 0) is 77.6 Å². The number of hydrogen-bond acceptors (Lipinski definition) is 3. The third-order valence-corrected chi connectivity index (χ3v) is 4.00. The second-order valence-electron chi connectivity index (χ2n) is 5.21. The van der Waals surface area contributed by atoms with Gasteiger partial charge in [0.1, 0.15) is 11.5 Å². The maximum Gasteiger partial charge on any atom is 0.169 e. The van der Waals surface area contributed by atoms with Gasteiger partial charge in [-0.25, -0.2) is 0 Å². The Morgan fingerprint density at radius 3 is 2.57 bits per heavy atom. The van der Waals surface area contributed by atoms with Crippen LogP contribution < -0.4 is 10.1 Å². The van der Waals surface area contributed by atoms with Crippen molar-refractivity contribution in [2.24, 2.45) is 0 Å². The molecule has 0 radical (unpaired) electrons. The lowest BCUT2D eigenvalue weighted by Crippen LogP contribution is -2.23. The van der Waals surface area contributed by atoms with Crippen LogP contribution >= 0.6 is 15.9 Å². The monoisotopic (exact) mass is 351 g/mol. The Kier molecular flexibility index (Phi) is 5.48. The summed E-state index contributed by atoms with van der Waals surface area (Å²) >= 11 is 3.38. The van der Waals surface area contributed by atoms with E-state index in [4.69, 9.17) is 9.15 Å². The Hall–Kier alpha value is -1.26. The van der Waals surface area contributed by atoms with Gasteiger partial charge in [0.25, 0.3) is 0 Å². The van der Waals surface area contributed by atoms with Crippen LogP contribution in [0.2, 0.25) is 0 Å². The number of methoxy groups -OCH3 is 1. The minimum absolute atomic E-state index is 0.0563. The van der Waals surface area contributed by atoms with Gasteiger partial charge in [0.05, 0.1) is 13.2 Å². The Morgan fingerprint density at radius 1 is 1.24 bits per heavy atom. The van der Waals surface area contributed by atoms with Crippen LogP contribution in [0, 0.1) is 13.8 Å². The first kappa shape index (κ1) is 16.1. The molecule has 2 aromatic rings. The quantitative estimate of drug-likeness (QED) is 0.814. The van der Waals surface area contributed by atoms with Crippen molar-refractivity contribution in [3.8, 4) is 5.75 Å². The highest BCUT2D eigenvalue weighted by molar-refractivity contribution is 9.10. The summed E-state index contributed by atoms with van der Waals surface area (Å²) in [6.07, 6.45) is 1.08. The van der Waals surface area contributed by atoms with E-state index in [0.29, 0.717) is 0 Å². The molecule has 0 aliphatic carbocycles. The van der Waals surface area contributed by atoms with E-state index in [1.54, 1.807) is 7.11 Å². The Morgan fingerprint density at radius 2 is 2.00 bits per heavy atom. The second-order valence-corrected chi connectivity index (χ2v) is 5.99. The van der Waals surface area contributed by atoms with Crippen molar-refractivity contribution < 1.29 is 9.15 Å². The fraction of sp³-hybridized carbons (Fsp3) is 0.412. The Labute approximate surface area is 134 Å². The highest BCUT2D eigenvalue weighted by Crippen LogP contribution is 2.32. The Bertz CT molecular complexity index is 607. The summed E-state index contributed by atoms with van der Waals surface area (Å²) in [6.45, 7) is 7.27. The first-order valence-electron chi connectivity index (χ1n) is 7.20. The molecule has 0 amide bonds. The van der Waals surface area contributed by atoms with Crippen molar-refractivity contribution in [3.05, 3.63) is 51.4 Å². The zero-order chi connectivity index (χ0) is 15.4. The second kappa shape index (κ2) is 7.14. The number of furan rings is 1. The van der Waals surface area contributed by atoms with Crippen LogP contribution in [-0.2, 0) is 0 Å². The van der Waals surface area contributed by atoms with E-state index in [0.717, 1.165) is 34.7 Å². The van der Waals surface area contributed by atoms with E-state index >= 15 is 0 Å². The molecule has 2 rings (SSSR count). The summed E-state index contributed by atoms with van der Waals surface area (Å²) in [6, 6.07) is 8.26. The molecule has 1 N–H and O–H groups in total. The fourth-order valence-corrected chi connectivity index (χ4v) is 2.80.